The topological polar surface area (TPSA) is 34.2 Å². The summed E-state index contributed by atoms with van der Waals surface area (Å²) >= 11 is 0. The van der Waals surface area contributed by atoms with E-state index in [1.54, 1.807) is 0 Å². The second-order valence-electron chi connectivity index (χ2n) is 14.0. The molecule has 0 N–H and O–H groups in total. The maximum Gasteiger partial charge on any atom is 0.227 e. The Hall–Kier alpha value is -7.43. The zero-order valence-corrected chi connectivity index (χ0v) is 29.8. The molecule has 4 nitrogen and oxygen atoms in total. The third-order valence-corrected chi connectivity index (χ3v) is 10.8. The van der Waals surface area contributed by atoms with E-state index in [9.17, 15) is 0 Å². The van der Waals surface area contributed by atoms with Gasteiger partial charge in [0.25, 0.3) is 0 Å². The van der Waals surface area contributed by atoms with Gasteiger partial charge in [0.1, 0.15) is 5.52 Å². The van der Waals surface area contributed by atoms with Crippen molar-refractivity contribution in [1.29, 1.82) is 0 Å². The van der Waals surface area contributed by atoms with Crippen LogP contribution in [0.1, 0.15) is 0 Å². The molecule has 0 bridgehead atoms. The van der Waals surface area contributed by atoms with E-state index in [2.05, 4.69) is 179 Å². The predicted octanol–water partition coefficient (Wildman–Crippen LogP) is 14.0. The molecule has 11 rings (SSSR count). The SMILES string of the molecule is c1ccc(-c2nc3ccc4ccc5ccc(N(c6ccccc6)c6ccccc6-c6ccc7c8ccccc8n(-c8ccccc8)c7c6)cc5c4c3o2)cc1. The molecule has 11 aromatic rings. The number of benzene rings is 9. The van der Waals surface area contributed by atoms with Crippen LogP contribution < -0.4 is 4.90 Å². The first-order chi connectivity index (χ1) is 27.3. The van der Waals surface area contributed by atoms with Gasteiger partial charge in [-0.3, -0.25) is 0 Å². The Labute approximate surface area is 317 Å². The van der Waals surface area contributed by atoms with E-state index in [1.807, 2.05) is 30.3 Å². The van der Waals surface area contributed by atoms with Crippen molar-refractivity contribution in [2.75, 3.05) is 4.90 Å². The fraction of sp³-hybridized carbons (Fsp3) is 0. The average Bonchev–Trinajstić information content (AvgIpc) is 3.84. The zero-order valence-electron chi connectivity index (χ0n) is 29.8. The van der Waals surface area contributed by atoms with Crippen LogP contribution >= 0.6 is 0 Å². The molecule has 2 heterocycles. The van der Waals surface area contributed by atoms with E-state index >= 15 is 0 Å². The highest BCUT2D eigenvalue weighted by molar-refractivity contribution is 6.19. The predicted molar refractivity (Wildman–Crippen MR) is 229 cm³/mol. The smallest absolute Gasteiger partial charge is 0.227 e. The number of rotatable bonds is 6. The maximum absolute atomic E-state index is 6.59. The summed E-state index contributed by atoms with van der Waals surface area (Å²) in [5.41, 5.74) is 11.6. The number of fused-ring (bicyclic) bond motifs is 8. The number of anilines is 3. The summed E-state index contributed by atoms with van der Waals surface area (Å²) in [6.07, 6.45) is 0. The lowest BCUT2D eigenvalue weighted by Gasteiger charge is -2.28. The minimum atomic E-state index is 0.624. The van der Waals surface area contributed by atoms with E-state index in [0.717, 1.165) is 72.1 Å². The highest BCUT2D eigenvalue weighted by Crippen LogP contribution is 2.44. The Bertz CT molecular complexity index is 3200. The Morgan fingerprint density at radius 3 is 1.98 bits per heavy atom. The van der Waals surface area contributed by atoms with Crippen LogP contribution in [0.5, 0.6) is 0 Å². The van der Waals surface area contributed by atoms with Crippen LogP contribution in [0.4, 0.5) is 17.1 Å². The first-order valence-electron chi connectivity index (χ1n) is 18.6. The number of hydrogen-bond donors (Lipinski definition) is 0. The Morgan fingerprint density at radius 1 is 0.455 bits per heavy atom. The average molecular weight is 704 g/mol. The van der Waals surface area contributed by atoms with Crippen molar-refractivity contribution in [2.24, 2.45) is 0 Å². The number of para-hydroxylation sites is 4. The van der Waals surface area contributed by atoms with Gasteiger partial charge in [-0.15, -0.1) is 0 Å². The Morgan fingerprint density at radius 2 is 1.13 bits per heavy atom. The molecule has 258 valence electrons. The van der Waals surface area contributed by atoms with Crippen molar-refractivity contribution in [2.45, 2.75) is 0 Å². The van der Waals surface area contributed by atoms with Crippen LogP contribution in [0.2, 0.25) is 0 Å². The maximum atomic E-state index is 6.59. The molecular weight excluding hydrogens is 671 g/mol. The number of hydrogen-bond acceptors (Lipinski definition) is 3. The van der Waals surface area contributed by atoms with Gasteiger partial charge >= 0.3 is 0 Å². The fourth-order valence-corrected chi connectivity index (χ4v) is 8.26. The van der Waals surface area contributed by atoms with Gasteiger partial charge < -0.3 is 13.9 Å². The largest absolute Gasteiger partial charge is 0.435 e. The molecular formula is C51H33N3O. The second kappa shape index (κ2) is 12.6. The number of oxazole rings is 1. The van der Waals surface area contributed by atoms with E-state index in [4.69, 9.17) is 9.40 Å². The van der Waals surface area contributed by atoms with Crippen LogP contribution in [0.3, 0.4) is 0 Å². The van der Waals surface area contributed by atoms with E-state index in [1.165, 1.54) is 21.8 Å². The lowest BCUT2D eigenvalue weighted by Crippen LogP contribution is -2.11. The summed E-state index contributed by atoms with van der Waals surface area (Å²) in [6.45, 7) is 0. The van der Waals surface area contributed by atoms with Crippen LogP contribution in [0.25, 0.3) is 82.7 Å². The second-order valence-corrected chi connectivity index (χ2v) is 14.0. The van der Waals surface area contributed by atoms with Crippen LogP contribution in [0.15, 0.2) is 205 Å². The minimum Gasteiger partial charge on any atom is -0.435 e. The minimum absolute atomic E-state index is 0.624. The van der Waals surface area contributed by atoms with Crippen molar-refractivity contribution >= 4 is 71.5 Å². The van der Waals surface area contributed by atoms with Crippen molar-refractivity contribution in [3.63, 3.8) is 0 Å². The normalized spacial score (nSPS) is 11.6. The third-order valence-electron chi connectivity index (χ3n) is 10.8. The molecule has 2 aromatic heterocycles. The van der Waals surface area contributed by atoms with Gasteiger partial charge in [-0.05, 0) is 94.5 Å². The molecule has 4 heteroatoms. The highest BCUT2D eigenvalue weighted by atomic mass is 16.3. The lowest BCUT2D eigenvalue weighted by atomic mass is 9.98. The highest BCUT2D eigenvalue weighted by Gasteiger charge is 2.21. The summed E-state index contributed by atoms with van der Waals surface area (Å²) in [5.74, 6) is 0.624. The first kappa shape index (κ1) is 31.1. The molecule has 0 radical (unpaired) electrons. The molecule has 9 aromatic carbocycles. The summed E-state index contributed by atoms with van der Waals surface area (Å²) in [5, 5.41) is 6.91. The van der Waals surface area contributed by atoms with E-state index in [-0.39, 0.29) is 0 Å². The number of nitrogens with zero attached hydrogens (tertiary/aromatic N) is 3. The van der Waals surface area contributed by atoms with Gasteiger partial charge in [0.15, 0.2) is 5.58 Å². The van der Waals surface area contributed by atoms with Gasteiger partial charge in [0, 0.05) is 44.3 Å². The molecule has 0 saturated carbocycles. The molecule has 55 heavy (non-hydrogen) atoms. The van der Waals surface area contributed by atoms with Crippen LogP contribution in [-0.2, 0) is 0 Å². The van der Waals surface area contributed by atoms with Gasteiger partial charge in [-0.1, -0.05) is 127 Å². The van der Waals surface area contributed by atoms with Crippen LogP contribution in [0, 0.1) is 0 Å². The molecule has 0 aliphatic heterocycles. The zero-order chi connectivity index (χ0) is 36.3. The summed E-state index contributed by atoms with van der Waals surface area (Å²) in [4.78, 5) is 7.30. The van der Waals surface area contributed by atoms with E-state index < -0.39 is 0 Å². The molecule has 0 aliphatic carbocycles. The molecule has 0 aliphatic rings. The van der Waals surface area contributed by atoms with Crippen LogP contribution in [-0.4, -0.2) is 9.55 Å². The molecule has 0 atom stereocenters. The fourth-order valence-electron chi connectivity index (χ4n) is 8.26. The Kier molecular flexibility index (Phi) is 7.14. The standard InChI is InChI=1S/C51H33N3O/c1-4-14-36(15-5-1)51-52-45-31-28-35-25-24-34-26-29-40(33-44(34)49(35)50(45)55-51)53(38-16-6-2-7-17-38)46-22-12-10-20-41(46)37-27-30-43-42-21-11-13-23-47(42)54(48(43)32-37)39-18-8-3-9-19-39/h1-33H. The molecule has 0 unspecified atom stereocenters. The van der Waals surface area contributed by atoms with Gasteiger partial charge in [0.05, 0.1) is 16.7 Å². The lowest BCUT2D eigenvalue weighted by molar-refractivity contribution is 0.623. The number of aromatic nitrogens is 2. The van der Waals surface area contributed by atoms with E-state index in [0.29, 0.717) is 5.89 Å². The molecule has 0 saturated heterocycles. The molecule has 0 amide bonds. The van der Waals surface area contributed by atoms with Crippen molar-refractivity contribution < 1.29 is 4.42 Å². The monoisotopic (exact) mass is 703 g/mol. The molecule has 0 spiro atoms. The van der Waals surface area contributed by atoms with Gasteiger partial charge in [-0.25, -0.2) is 4.98 Å². The van der Waals surface area contributed by atoms with Gasteiger partial charge in [-0.2, -0.15) is 0 Å². The Balaban J connectivity index is 1.13. The summed E-state index contributed by atoms with van der Waals surface area (Å²) < 4.78 is 8.98. The summed E-state index contributed by atoms with van der Waals surface area (Å²) in [6, 6.07) is 71.1. The van der Waals surface area contributed by atoms with Crippen molar-refractivity contribution in [3.8, 4) is 28.3 Å². The third kappa shape index (κ3) is 5.11. The first-order valence-corrected chi connectivity index (χ1v) is 18.6. The van der Waals surface area contributed by atoms with Gasteiger partial charge in [0.2, 0.25) is 5.89 Å². The van der Waals surface area contributed by atoms with Crippen molar-refractivity contribution in [1.82, 2.24) is 9.55 Å². The quantitative estimate of drug-likeness (QED) is 0.162. The summed E-state index contributed by atoms with van der Waals surface area (Å²) in [7, 11) is 0. The van der Waals surface area contributed by atoms with Crippen molar-refractivity contribution in [3.05, 3.63) is 200 Å². The molecule has 0 fully saturated rings.